The summed E-state index contributed by atoms with van der Waals surface area (Å²) in [6.07, 6.45) is 5.15. The van der Waals surface area contributed by atoms with Crippen LogP contribution in [0.15, 0.2) is 23.1 Å². The van der Waals surface area contributed by atoms with E-state index in [9.17, 15) is 8.42 Å². The second-order valence-corrected chi connectivity index (χ2v) is 7.19. The second kappa shape index (κ2) is 7.09. The lowest BCUT2D eigenvalue weighted by molar-refractivity contribution is 0.503. The third kappa shape index (κ3) is 4.22. The molecule has 0 aliphatic rings. The van der Waals surface area contributed by atoms with E-state index < -0.39 is 10.0 Å². The summed E-state index contributed by atoms with van der Waals surface area (Å²) < 4.78 is 25.8. The number of halogens is 1. The maximum atomic E-state index is 12.4. The van der Waals surface area contributed by atoms with Crippen LogP contribution in [-0.4, -0.2) is 32.4 Å². The first-order valence-corrected chi connectivity index (χ1v) is 8.02. The summed E-state index contributed by atoms with van der Waals surface area (Å²) in [5, 5.41) is 3.43. The van der Waals surface area contributed by atoms with E-state index in [2.05, 4.69) is 11.2 Å². The average molecular weight is 315 g/mol. The second-order valence-electron chi connectivity index (χ2n) is 4.77. The highest BCUT2D eigenvalue weighted by atomic mass is 35.5. The maximum absolute atomic E-state index is 12.4. The van der Waals surface area contributed by atoms with Gasteiger partial charge in [-0.1, -0.05) is 37.4 Å². The molecule has 0 spiro atoms. The highest BCUT2D eigenvalue weighted by Crippen LogP contribution is 2.25. The predicted octanol–water partition coefficient (Wildman–Crippen LogP) is 2.09. The van der Waals surface area contributed by atoms with Crippen LogP contribution in [0, 0.1) is 12.3 Å². The number of nitrogens with one attached hydrogen (secondary N) is 1. The zero-order valence-electron chi connectivity index (χ0n) is 11.9. The van der Waals surface area contributed by atoms with Crippen LogP contribution in [0.3, 0.4) is 0 Å². The van der Waals surface area contributed by atoms with Crippen molar-refractivity contribution in [3.8, 4) is 12.3 Å². The van der Waals surface area contributed by atoms with Crippen LogP contribution in [-0.2, 0) is 16.6 Å². The Morgan fingerprint density at radius 2 is 2.10 bits per heavy atom. The van der Waals surface area contributed by atoms with E-state index in [1.54, 1.807) is 18.2 Å². The van der Waals surface area contributed by atoms with Gasteiger partial charge in [0.15, 0.2) is 0 Å². The Labute approximate surface area is 126 Å². The largest absolute Gasteiger partial charge is 0.310 e. The van der Waals surface area contributed by atoms with Crippen molar-refractivity contribution in [3.63, 3.8) is 0 Å². The summed E-state index contributed by atoms with van der Waals surface area (Å²) in [7, 11) is -2.23. The molecule has 0 aliphatic carbocycles. The van der Waals surface area contributed by atoms with E-state index in [1.807, 2.05) is 13.8 Å². The third-order valence-electron chi connectivity index (χ3n) is 2.71. The number of terminal acetylenes is 1. The van der Waals surface area contributed by atoms with Crippen molar-refractivity contribution in [1.82, 2.24) is 9.62 Å². The normalized spacial score (nSPS) is 11.8. The molecule has 0 unspecified atom stereocenters. The van der Waals surface area contributed by atoms with Gasteiger partial charge in [-0.15, -0.1) is 6.42 Å². The van der Waals surface area contributed by atoms with Gasteiger partial charge in [0.1, 0.15) is 4.90 Å². The molecule has 4 nitrogen and oxygen atoms in total. The van der Waals surface area contributed by atoms with Crippen LogP contribution in [0.4, 0.5) is 0 Å². The molecule has 0 atom stereocenters. The standard InChI is InChI=1S/C14H19ClN2O2S/c1-5-8-17(4)20(18,19)14-9-12(6-7-13(14)15)10-16-11(2)3/h1,6-7,9,11,16H,8,10H2,2-4H3. The molecule has 0 amide bonds. The van der Waals surface area contributed by atoms with Crippen molar-refractivity contribution in [1.29, 1.82) is 0 Å². The topological polar surface area (TPSA) is 49.4 Å². The Morgan fingerprint density at radius 1 is 1.45 bits per heavy atom. The summed E-state index contributed by atoms with van der Waals surface area (Å²) in [5.41, 5.74) is 0.857. The minimum absolute atomic E-state index is 0.00708. The minimum atomic E-state index is -3.66. The number of sulfonamides is 1. The van der Waals surface area contributed by atoms with Crippen LogP contribution in [0.5, 0.6) is 0 Å². The molecule has 110 valence electrons. The van der Waals surface area contributed by atoms with E-state index >= 15 is 0 Å². The number of rotatable bonds is 6. The monoisotopic (exact) mass is 314 g/mol. The molecule has 0 heterocycles. The van der Waals surface area contributed by atoms with E-state index in [-0.39, 0.29) is 16.5 Å². The van der Waals surface area contributed by atoms with Gasteiger partial charge < -0.3 is 5.32 Å². The number of hydrogen-bond donors (Lipinski definition) is 1. The maximum Gasteiger partial charge on any atom is 0.245 e. The highest BCUT2D eigenvalue weighted by Gasteiger charge is 2.23. The van der Waals surface area contributed by atoms with Gasteiger partial charge >= 0.3 is 0 Å². The minimum Gasteiger partial charge on any atom is -0.310 e. The van der Waals surface area contributed by atoms with Crippen LogP contribution >= 0.6 is 11.6 Å². The first-order valence-electron chi connectivity index (χ1n) is 6.20. The van der Waals surface area contributed by atoms with Gasteiger partial charge in [-0.25, -0.2) is 8.42 Å². The Morgan fingerprint density at radius 3 is 2.65 bits per heavy atom. The SMILES string of the molecule is C#CCN(C)S(=O)(=O)c1cc(CNC(C)C)ccc1Cl. The smallest absolute Gasteiger partial charge is 0.245 e. The molecule has 1 aromatic rings. The van der Waals surface area contributed by atoms with Crippen LogP contribution in [0.25, 0.3) is 0 Å². The summed E-state index contributed by atoms with van der Waals surface area (Å²) in [4.78, 5) is 0.0833. The van der Waals surface area contributed by atoms with Crippen LogP contribution in [0.2, 0.25) is 5.02 Å². The highest BCUT2D eigenvalue weighted by molar-refractivity contribution is 7.89. The van der Waals surface area contributed by atoms with Gasteiger partial charge in [-0.05, 0) is 17.7 Å². The molecule has 0 aromatic heterocycles. The van der Waals surface area contributed by atoms with Crippen molar-refractivity contribution in [2.75, 3.05) is 13.6 Å². The lowest BCUT2D eigenvalue weighted by Crippen LogP contribution is -2.28. The van der Waals surface area contributed by atoms with Crippen LogP contribution < -0.4 is 5.32 Å². The van der Waals surface area contributed by atoms with Crippen molar-refractivity contribution >= 4 is 21.6 Å². The van der Waals surface area contributed by atoms with Crippen molar-refractivity contribution in [2.24, 2.45) is 0 Å². The Kier molecular flexibility index (Phi) is 6.03. The van der Waals surface area contributed by atoms with Crippen molar-refractivity contribution < 1.29 is 8.42 Å². The molecule has 1 aromatic carbocycles. The first-order chi connectivity index (χ1) is 9.28. The van der Waals surface area contributed by atoms with Crippen LogP contribution in [0.1, 0.15) is 19.4 Å². The lowest BCUT2D eigenvalue weighted by Gasteiger charge is -2.16. The molecule has 0 radical (unpaired) electrons. The summed E-state index contributed by atoms with van der Waals surface area (Å²) in [5.74, 6) is 2.31. The zero-order chi connectivity index (χ0) is 15.3. The Balaban J connectivity index is 3.11. The summed E-state index contributed by atoms with van der Waals surface area (Å²) in [6, 6.07) is 5.29. The van der Waals surface area contributed by atoms with Gasteiger partial charge in [0.2, 0.25) is 10.0 Å². The quantitative estimate of drug-likeness (QED) is 0.818. The van der Waals surface area contributed by atoms with E-state index in [0.29, 0.717) is 12.6 Å². The van der Waals surface area contributed by atoms with E-state index in [1.165, 1.54) is 7.05 Å². The van der Waals surface area contributed by atoms with Gasteiger partial charge in [-0.2, -0.15) is 4.31 Å². The Hall–Kier alpha value is -1.06. The molecular weight excluding hydrogens is 296 g/mol. The summed E-state index contributed by atoms with van der Waals surface area (Å²) >= 11 is 6.01. The van der Waals surface area contributed by atoms with Crippen molar-refractivity contribution in [2.45, 2.75) is 31.3 Å². The van der Waals surface area contributed by atoms with Gasteiger partial charge in [0, 0.05) is 19.6 Å². The van der Waals surface area contributed by atoms with Gasteiger partial charge in [-0.3, -0.25) is 0 Å². The molecule has 6 heteroatoms. The molecule has 0 aliphatic heterocycles. The number of nitrogens with zero attached hydrogens (tertiary/aromatic N) is 1. The fourth-order valence-electron chi connectivity index (χ4n) is 1.56. The third-order valence-corrected chi connectivity index (χ3v) is 5.00. The van der Waals surface area contributed by atoms with E-state index in [0.717, 1.165) is 9.87 Å². The van der Waals surface area contributed by atoms with Crippen molar-refractivity contribution in [3.05, 3.63) is 28.8 Å². The lowest BCUT2D eigenvalue weighted by atomic mass is 10.2. The number of hydrogen-bond acceptors (Lipinski definition) is 3. The molecule has 0 bridgehead atoms. The van der Waals surface area contributed by atoms with E-state index in [4.69, 9.17) is 18.0 Å². The molecule has 0 saturated carbocycles. The van der Waals surface area contributed by atoms with Gasteiger partial charge in [0.25, 0.3) is 0 Å². The summed E-state index contributed by atoms with van der Waals surface area (Å²) in [6.45, 7) is 4.63. The molecule has 1 N–H and O–H groups in total. The molecule has 1 rings (SSSR count). The first kappa shape index (κ1) is 17.0. The fourth-order valence-corrected chi connectivity index (χ4v) is 3.16. The predicted molar refractivity (Wildman–Crippen MR) is 82.1 cm³/mol. The Bertz CT molecular complexity index is 606. The average Bonchev–Trinajstić information content (AvgIpc) is 2.37. The molecule has 20 heavy (non-hydrogen) atoms. The van der Waals surface area contributed by atoms with Gasteiger partial charge in [0.05, 0.1) is 11.6 Å². The zero-order valence-corrected chi connectivity index (χ0v) is 13.4. The molecule has 0 saturated heterocycles. The molecule has 0 fully saturated rings. The number of benzene rings is 1. The molecular formula is C14H19ClN2O2S. The fraction of sp³-hybridized carbons (Fsp3) is 0.429.